The minimum absolute atomic E-state index is 0.280. The number of nitro groups is 1. The SMILES string of the molecule is C#CCC(NS(=O)(=O)c1cc([N+](=O)[O-])ccc1Cl)C(=O)O. The minimum atomic E-state index is -4.38. The van der Waals surface area contributed by atoms with Gasteiger partial charge in [0.2, 0.25) is 10.0 Å². The van der Waals surface area contributed by atoms with Gasteiger partial charge in [0.15, 0.2) is 0 Å². The fraction of sp³-hybridized carbons (Fsp3) is 0.182. The molecule has 0 aliphatic rings. The lowest BCUT2D eigenvalue weighted by Gasteiger charge is -2.13. The van der Waals surface area contributed by atoms with E-state index in [2.05, 4.69) is 0 Å². The summed E-state index contributed by atoms with van der Waals surface area (Å²) < 4.78 is 26.0. The van der Waals surface area contributed by atoms with Crippen molar-refractivity contribution < 1.29 is 23.2 Å². The lowest BCUT2D eigenvalue weighted by Crippen LogP contribution is -2.40. The van der Waals surface area contributed by atoms with Crippen LogP contribution in [0.4, 0.5) is 5.69 Å². The summed E-state index contributed by atoms with van der Waals surface area (Å²) in [6, 6.07) is 1.23. The Hall–Kier alpha value is -2.15. The molecule has 0 amide bonds. The molecule has 0 radical (unpaired) electrons. The first-order valence-corrected chi connectivity index (χ1v) is 7.17. The standard InChI is InChI=1S/C11H9ClN2O6S/c1-2-3-9(11(15)16)13-21(19,20)10-6-7(14(17)18)4-5-8(10)12/h1,4-6,9,13H,3H2,(H,15,16). The molecule has 2 N–H and O–H groups in total. The van der Waals surface area contributed by atoms with Gasteiger partial charge >= 0.3 is 5.97 Å². The van der Waals surface area contributed by atoms with E-state index in [0.717, 1.165) is 18.2 Å². The smallest absolute Gasteiger partial charge is 0.322 e. The van der Waals surface area contributed by atoms with Gasteiger partial charge in [0.25, 0.3) is 5.69 Å². The van der Waals surface area contributed by atoms with Gasteiger partial charge in [-0.25, -0.2) is 8.42 Å². The monoisotopic (exact) mass is 332 g/mol. The van der Waals surface area contributed by atoms with Gasteiger partial charge in [0, 0.05) is 18.6 Å². The third-order valence-electron chi connectivity index (χ3n) is 2.33. The lowest BCUT2D eigenvalue weighted by atomic mass is 10.2. The van der Waals surface area contributed by atoms with Crippen LogP contribution in [0.25, 0.3) is 0 Å². The zero-order chi connectivity index (χ0) is 16.2. The third kappa shape index (κ3) is 4.16. The maximum Gasteiger partial charge on any atom is 0.322 e. The molecule has 0 bridgehead atoms. The van der Waals surface area contributed by atoms with Crippen molar-refractivity contribution in [1.82, 2.24) is 4.72 Å². The second kappa shape index (κ2) is 6.53. The Bertz CT molecular complexity index is 725. The van der Waals surface area contributed by atoms with Crippen molar-refractivity contribution in [1.29, 1.82) is 0 Å². The molecular weight excluding hydrogens is 324 g/mol. The molecule has 0 aliphatic carbocycles. The molecule has 0 aromatic heterocycles. The molecule has 0 saturated carbocycles. The molecule has 112 valence electrons. The summed E-state index contributed by atoms with van der Waals surface area (Å²) in [5.41, 5.74) is -0.497. The van der Waals surface area contributed by atoms with Crippen LogP contribution in [0.3, 0.4) is 0 Å². The molecule has 1 aromatic rings. The summed E-state index contributed by atoms with van der Waals surface area (Å²) in [5, 5.41) is 19.2. The van der Waals surface area contributed by atoms with Crippen molar-refractivity contribution in [3.63, 3.8) is 0 Å². The van der Waals surface area contributed by atoms with E-state index in [1.54, 1.807) is 0 Å². The van der Waals surface area contributed by atoms with Gasteiger partial charge in [-0.3, -0.25) is 14.9 Å². The molecule has 8 nitrogen and oxygen atoms in total. The number of benzene rings is 1. The minimum Gasteiger partial charge on any atom is -0.480 e. The maximum absolute atomic E-state index is 12.1. The van der Waals surface area contributed by atoms with Gasteiger partial charge in [-0.2, -0.15) is 4.72 Å². The van der Waals surface area contributed by atoms with Crippen LogP contribution in [-0.4, -0.2) is 30.5 Å². The predicted molar refractivity (Wildman–Crippen MR) is 73.3 cm³/mol. The Morgan fingerprint density at radius 3 is 2.67 bits per heavy atom. The van der Waals surface area contributed by atoms with Crippen molar-refractivity contribution in [2.45, 2.75) is 17.4 Å². The highest BCUT2D eigenvalue weighted by Crippen LogP contribution is 2.26. The molecule has 0 spiro atoms. The number of carbonyl (C=O) groups is 1. The number of halogens is 1. The molecule has 10 heteroatoms. The van der Waals surface area contributed by atoms with Crippen molar-refractivity contribution >= 4 is 33.3 Å². The number of sulfonamides is 1. The number of carboxylic acid groups (broad SMARTS) is 1. The summed E-state index contributed by atoms with van der Waals surface area (Å²) in [7, 11) is -4.38. The normalized spacial score (nSPS) is 12.4. The summed E-state index contributed by atoms with van der Waals surface area (Å²) >= 11 is 5.70. The lowest BCUT2D eigenvalue weighted by molar-refractivity contribution is -0.385. The van der Waals surface area contributed by atoms with Crippen LogP contribution >= 0.6 is 11.6 Å². The van der Waals surface area contributed by atoms with Gasteiger partial charge < -0.3 is 5.11 Å². The molecule has 1 unspecified atom stereocenters. The first kappa shape index (κ1) is 16.9. The molecule has 0 saturated heterocycles. The number of aliphatic carboxylic acids is 1. The van der Waals surface area contributed by atoms with Crippen LogP contribution in [0.5, 0.6) is 0 Å². The first-order chi connectivity index (χ1) is 9.69. The quantitative estimate of drug-likeness (QED) is 0.454. The number of nitrogens with zero attached hydrogens (tertiary/aromatic N) is 1. The van der Waals surface area contributed by atoms with E-state index in [4.69, 9.17) is 23.1 Å². The number of hydrogen-bond acceptors (Lipinski definition) is 5. The molecule has 0 fully saturated rings. The highest BCUT2D eigenvalue weighted by molar-refractivity contribution is 7.89. The Balaban J connectivity index is 3.25. The largest absolute Gasteiger partial charge is 0.480 e. The Kier molecular flexibility index (Phi) is 5.26. The van der Waals surface area contributed by atoms with E-state index in [-0.39, 0.29) is 11.4 Å². The average Bonchev–Trinajstić information content (AvgIpc) is 2.37. The van der Waals surface area contributed by atoms with E-state index in [0.29, 0.717) is 0 Å². The van der Waals surface area contributed by atoms with Crippen LogP contribution in [-0.2, 0) is 14.8 Å². The molecular formula is C11H9ClN2O6S. The van der Waals surface area contributed by atoms with Crippen LogP contribution < -0.4 is 4.72 Å². The number of rotatable bonds is 6. The molecule has 1 aromatic carbocycles. The average molecular weight is 333 g/mol. The van der Waals surface area contributed by atoms with Gasteiger partial charge in [0.05, 0.1) is 9.95 Å². The third-order valence-corrected chi connectivity index (χ3v) is 4.29. The predicted octanol–water partition coefficient (Wildman–Crippen LogP) is 1.00. The van der Waals surface area contributed by atoms with Crippen LogP contribution in [0.15, 0.2) is 23.1 Å². The molecule has 1 rings (SSSR count). The van der Waals surface area contributed by atoms with E-state index < -0.39 is 37.5 Å². The zero-order valence-corrected chi connectivity index (χ0v) is 11.9. The van der Waals surface area contributed by atoms with Gasteiger partial charge in [-0.1, -0.05) is 11.6 Å². The highest BCUT2D eigenvalue weighted by atomic mass is 35.5. The van der Waals surface area contributed by atoms with Crippen molar-refractivity contribution in [2.75, 3.05) is 0 Å². The summed E-state index contributed by atoms with van der Waals surface area (Å²) in [5.74, 6) is 0.544. The van der Waals surface area contributed by atoms with Crippen LogP contribution in [0.2, 0.25) is 5.02 Å². The van der Waals surface area contributed by atoms with E-state index >= 15 is 0 Å². The van der Waals surface area contributed by atoms with Gasteiger partial charge in [-0.15, -0.1) is 12.3 Å². The number of non-ortho nitro benzene ring substituents is 1. The fourth-order valence-corrected chi connectivity index (χ4v) is 3.07. The van der Waals surface area contributed by atoms with E-state index in [1.807, 2.05) is 10.6 Å². The number of nitro benzene ring substituents is 1. The molecule has 0 aliphatic heterocycles. The number of nitrogens with one attached hydrogen (secondary N) is 1. The van der Waals surface area contributed by atoms with Gasteiger partial charge in [-0.05, 0) is 6.07 Å². The van der Waals surface area contributed by atoms with Crippen molar-refractivity contribution in [3.8, 4) is 12.3 Å². The number of terminal acetylenes is 1. The Morgan fingerprint density at radius 2 is 2.19 bits per heavy atom. The Labute approximate surface area is 124 Å². The second-order valence-electron chi connectivity index (χ2n) is 3.79. The molecule has 1 atom stereocenters. The number of carboxylic acids is 1. The summed E-state index contributed by atoms with van der Waals surface area (Å²) in [6.07, 6.45) is 4.57. The fourth-order valence-electron chi connectivity index (χ4n) is 1.36. The topological polar surface area (TPSA) is 127 Å². The zero-order valence-electron chi connectivity index (χ0n) is 10.3. The summed E-state index contributed by atoms with van der Waals surface area (Å²) in [4.78, 5) is 20.1. The van der Waals surface area contributed by atoms with E-state index in [1.165, 1.54) is 0 Å². The summed E-state index contributed by atoms with van der Waals surface area (Å²) in [6.45, 7) is 0. The molecule has 21 heavy (non-hydrogen) atoms. The second-order valence-corrected chi connectivity index (χ2v) is 5.88. The first-order valence-electron chi connectivity index (χ1n) is 5.31. The number of hydrogen-bond donors (Lipinski definition) is 2. The van der Waals surface area contributed by atoms with Crippen LogP contribution in [0.1, 0.15) is 6.42 Å². The highest BCUT2D eigenvalue weighted by Gasteiger charge is 2.27. The van der Waals surface area contributed by atoms with E-state index in [9.17, 15) is 23.3 Å². The Morgan fingerprint density at radius 1 is 1.57 bits per heavy atom. The molecule has 0 heterocycles. The van der Waals surface area contributed by atoms with Crippen LogP contribution in [0, 0.1) is 22.5 Å². The van der Waals surface area contributed by atoms with Crippen molar-refractivity contribution in [2.24, 2.45) is 0 Å². The maximum atomic E-state index is 12.1. The van der Waals surface area contributed by atoms with Crippen molar-refractivity contribution in [3.05, 3.63) is 33.3 Å². The van der Waals surface area contributed by atoms with Gasteiger partial charge in [0.1, 0.15) is 10.9 Å².